The molecule has 1 aromatic carbocycles. The molecule has 5 nitrogen and oxygen atoms in total. The van der Waals surface area contributed by atoms with Gasteiger partial charge in [-0.25, -0.2) is 4.68 Å². The first-order valence-corrected chi connectivity index (χ1v) is 6.89. The van der Waals surface area contributed by atoms with Gasteiger partial charge in [-0.3, -0.25) is 9.78 Å². The van der Waals surface area contributed by atoms with Gasteiger partial charge in [0.2, 0.25) is 0 Å². The van der Waals surface area contributed by atoms with Crippen LogP contribution in [0.1, 0.15) is 0 Å². The molecule has 106 valence electrons. The van der Waals surface area contributed by atoms with Gasteiger partial charge in [0, 0.05) is 35.7 Å². The Bertz CT molecular complexity index is 1000. The fraction of sp³-hybridized carbons (Fsp3) is 0. The van der Waals surface area contributed by atoms with E-state index in [0.29, 0.717) is 5.39 Å². The van der Waals surface area contributed by atoms with Gasteiger partial charge in [-0.2, -0.15) is 5.10 Å². The van der Waals surface area contributed by atoms with Crippen molar-refractivity contribution in [1.82, 2.24) is 19.7 Å². The molecule has 22 heavy (non-hydrogen) atoms. The summed E-state index contributed by atoms with van der Waals surface area (Å²) >= 11 is 0. The molecule has 0 saturated carbocycles. The zero-order valence-corrected chi connectivity index (χ0v) is 11.6. The summed E-state index contributed by atoms with van der Waals surface area (Å²) in [6.07, 6.45) is 7.03. The predicted molar refractivity (Wildman–Crippen MR) is 84.9 cm³/mol. The molecule has 0 spiro atoms. The summed E-state index contributed by atoms with van der Waals surface area (Å²) in [5.41, 5.74) is 2.55. The summed E-state index contributed by atoms with van der Waals surface area (Å²) in [5.74, 6) is 0. The molecule has 0 bridgehead atoms. The molecule has 0 aliphatic carbocycles. The van der Waals surface area contributed by atoms with Crippen LogP contribution in [0.15, 0.2) is 72.0 Å². The molecule has 4 rings (SSSR count). The molecule has 0 unspecified atom stereocenters. The molecular weight excluding hydrogens is 276 g/mol. The second-order valence-corrected chi connectivity index (χ2v) is 4.97. The van der Waals surface area contributed by atoms with Gasteiger partial charge in [-0.05, 0) is 41.8 Å². The number of nitrogens with one attached hydrogen (secondary N) is 1. The zero-order valence-electron chi connectivity index (χ0n) is 11.6. The van der Waals surface area contributed by atoms with Crippen molar-refractivity contribution in [2.75, 3.05) is 0 Å². The smallest absolute Gasteiger partial charge is 0.255 e. The minimum absolute atomic E-state index is 0.0982. The maximum Gasteiger partial charge on any atom is 0.255 e. The van der Waals surface area contributed by atoms with Crippen LogP contribution in [0.2, 0.25) is 0 Å². The monoisotopic (exact) mass is 288 g/mol. The highest BCUT2D eigenvalue weighted by Crippen LogP contribution is 2.19. The van der Waals surface area contributed by atoms with E-state index in [1.807, 2.05) is 48.7 Å². The number of fused-ring (bicyclic) bond motifs is 1. The number of pyridine rings is 2. The van der Waals surface area contributed by atoms with Crippen LogP contribution in [0.3, 0.4) is 0 Å². The highest BCUT2D eigenvalue weighted by atomic mass is 16.1. The number of aromatic nitrogens is 4. The van der Waals surface area contributed by atoms with E-state index in [4.69, 9.17) is 0 Å². The Hall–Kier alpha value is -3.21. The molecular formula is C17H12N4O. The topological polar surface area (TPSA) is 63.6 Å². The number of nitrogens with zero attached hydrogens (tertiary/aromatic N) is 3. The van der Waals surface area contributed by atoms with Crippen molar-refractivity contribution >= 4 is 10.8 Å². The summed E-state index contributed by atoms with van der Waals surface area (Å²) in [5, 5.41) is 6.11. The Labute approximate surface area is 125 Å². The Morgan fingerprint density at radius 2 is 2.05 bits per heavy atom. The van der Waals surface area contributed by atoms with E-state index in [9.17, 15) is 4.79 Å². The van der Waals surface area contributed by atoms with Gasteiger partial charge in [-0.1, -0.05) is 6.07 Å². The second-order valence-electron chi connectivity index (χ2n) is 4.97. The van der Waals surface area contributed by atoms with E-state index in [0.717, 1.165) is 22.3 Å². The fourth-order valence-electron chi connectivity index (χ4n) is 2.45. The van der Waals surface area contributed by atoms with Gasteiger partial charge in [-0.15, -0.1) is 0 Å². The third-order valence-electron chi connectivity index (χ3n) is 3.57. The van der Waals surface area contributed by atoms with Crippen LogP contribution >= 0.6 is 0 Å². The van der Waals surface area contributed by atoms with Crippen molar-refractivity contribution in [3.63, 3.8) is 0 Å². The fourth-order valence-corrected chi connectivity index (χ4v) is 2.45. The molecule has 0 fully saturated rings. The van der Waals surface area contributed by atoms with Gasteiger partial charge < -0.3 is 4.98 Å². The zero-order chi connectivity index (χ0) is 14.9. The van der Waals surface area contributed by atoms with Crippen molar-refractivity contribution in [2.24, 2.45) is 0 Å². The second kappa shape index (κ2) is 4.96. The predicted octanol–water partition coefficient (Wildman–Crippen LogP) is 2.78. The molecule has 3 aromatic heterocycles. The van der Waals surface area contributed by atoms with Crippen molar-refractivity contribution in [3.05, 3.63) is 77.6 Å². The Balaban J connectivity index is 1.81. The van der Waals surface area contributed by atoms with E-state index in [1.54, 1.807) is 23.3 Å². The number of hydrogen-bond acceptors (Lipinski definition) is 3. The van der Waals surface area contributed by atoms with Crippen LogP contribution in [0.5, 0.6) is 0 Å². The van der Waals surface area contributed by atoms with E-state index in [2.05, 4.69) is 15.1 Å². The van der Waals surface area contributed by atoms with Crippen LogP contribution in [0.4, 0.5) is 0 Å². The van der Waals surface area contributed by atoms with Crippen LogP contribution in [-0.4, -0.2) is 19.7 Å². The van der Waals surface area contributed by atoms with Gasteiger partial charge in [0.25, 0.3) is 5.56 Å². The normalized spacial score (nSPS) is 10.9. The standard InChI is InChI=1S/C17H12N4O/c22-17-15-10-14(4-3-12(15)5-8-19-17)21-9-6-16(20-21)13-2-1-7-18-11-13/h1-11H,(H,19,22). The molecule has 4 aromatic rings. The minimum Gasteiger partial charge on any atom is -0.329 e. The van der Waals surface area contributed by atoms with Gasteiger partial charge in [0.15, 0.2) is 0 Å². The lowest BCUT2D eigenvalue weighted by Gasteiger charge is -2.03. The molecule has 0 radical (unpaired) electrons. The third-order valence-corrected chi connectivity index (χ3v) is 3.57. The summed E-state index contributed by atoms with van der Waals surface area (Å²) in [6.45, 7) is 0. The van der Waals surface area contributed by atoms with E-state index in [-0.39, 0.29) is 5.56 Å². The van der Waals surface area contributed by atoms with Crippen molar-refractivity contribution in [1.29, 1.82) is 0 Å². The number of rotatable bonds is 2. The largest absolute Gasteiger partial charge is 0.329 e. The quantitative estimate of drug-likeness (QED) is 0.617. The summed E-state index contributed by atoms with van der Waals surface area (Å²) in [6, 6.07) is 13.4. The molecule has 0 amide bonds. The SMILES string of the molecule is O=c1[nH]ccc2ccc(-n3ccc(-c4cccnc4)n3)cc12. The number of H-pyrrole nitrogens is 1. The van der Waals surface area contributed by atoms with Crippen LogP contribution in [0.25, 0.3) is 27.7 Å². The summed E-state index contributed by atoms with van der Waals surface area (Å²) < 4.78 is 1.76. The molecule has 0 saturated heterocycles. The van der Waals surface area contributed by atoms with Crippen LogP contribution < -0.4 is 5.56 Å². The van der Waals surface area contributed by atoms with E-state index < -0.39 is 0 Å². The lowest BCUT2D eigenvalue weighted by Crippen LogP contribution is -2.05. The van der Waals surface area contributed by atoms with Crippen LogP contribution in [-0.2, 0) is 0 Å². The number of benzene rings is 1. The summed E-state index contributed by atoms with van der Waals surface area (Å²) in [7, 11) is 0. The molecule has 0 atom stereocenters. The van der Waals surface area contributed by atoms with Gasteiger partial charge in [0.05, 0.1) is 11.4 Å². The highest BCUT2D eigenvalue weighted by Gasteiger charge is 2.05. The molecule has 0 aliphatic rings. The lowest BCUT2D eigenvalue weighted by atomic mass is 10.1. The lowest BCUT2D eigenvalue weighted by molar-refractivity contribution is 0.885. The molecule has 5 heteroatoms. The molecule has 1 N–H and O–H groups in total. The highest BCUT2D eigenvalue weighted by molar-refractivity contribution is 5.83. The first-order valence-electron chi connectivity index (χ1n) is 6.89. The average Bonchev–Trinajstić information content (AvgIpc) is 3.06. The van der Waals surface area contributed by atoms with E-state index >= 15 is 0 Å². The number of aromatic amines is 1. The Kier molecular flexibility index (Phi) is 2.83. The Morgan fingerprint density at radius 3 is 2.91 bits per heavy atom. The van der Waals surface area contributed by atoms with Crippen molar-refractivity contribution in [2.45, 2.75) is 0 Å². The number of hydrogen-bond donors (Lipinski definition) is 1. The van der Waals surface area contributed by atoms with Crippen molar-refractivity contribution < 1.29 is 0 Å². The van der Waals surface area contributed by atoms with Gasteiger partial charge in [0.1, 0.15) is 0 Å². The third kappa shape index (κ3) is 2.09. The first kappa shape index (κ1) is 12.5. The first-order chi connectivity index (χ1) is 10.8. The van der Waals surface area contributed by atoms with Crippen molar-refractivity contribution in [3.8, 4) is 16.9 Å². The van der Waals surface area contributed by atoms with E-state index in [1.165, 1.54) is 0 Å². The maximum atomic E-state index is 11.9. The van der Waals surface area contributed by atoms with Crippen LogP contribution in [0, 0.1) is 0 Å². The molecule has 0 aliphatic heterocycles. The molecule has 3 heterocycles. The maximum absolute atomic E-state index is 11.9. The Morgan fingerprint density at radius 1 is 1.09 bits per heavy atom. The average molecular weight is 288 g/mol. The minimum atomic E-state index is -0.0982. The summed E-state index contributed by atoms with van der Waals surface area (Å²) in [4.78, 5) is 18.7. The van der Waals surface area contributed by atoms with Gasteiger partial charge >= 0.3 is 0 Å².